The number of pyridine rings is 1. The number of amides is 1. The molecule has 3 aliphatic rings. The molecule has 2 aromatic carbocycles. The molecule has 2 bridgehead atoms. The first kappa shape index (κ1) is 20.6. The molecule has 0 saturated carbocycles. The average Bonchev–Trinajstić information content (AvgIpc) is 2.89. The van der Waals surface area contributed by atoms with Gasteiger partial charge in [-0.25, -0.2) is 9.78 Å². The minimum atomic E-state index is -0.460. The third-order valence-corrected chi connectivity index (χ3v) is 7.50. The Morgan fingerprint density at radius 2 is 1.59 bits per heavy atom. The van der Waals surface area contributed by atoms with Gasteiger partial charge in [0.2, 0.25) is 0 Å². The van der Waals surface area contributed by atoms with E-state index in [0.717, 1.165) is 11.0 Å². The molecule has 2 aromatic heterocycles. The maximum Gasteiger partial charge on any atom is 0.332 e. The van der Waals surface area contributed by atoms with Crippen molar-refractivity contribution < 1.29 is 4.79 Å². The van der Waals surface area contributed by atoms with E-state index in [0.29, 0.717) is 18.0 Å². The lowest BCUT2D eigenvalue weighted by molar-refractivity contribution is 0.0942. The number of aromatic nitrogens is 3. The van der Waals surface area contributed by atoms with Crippen molar-refractivity contribution in [3.8, 4) is 0 Å². The lowest BCUT2D eigenvalue weighted by Crippen LogP contribution is -2.39. The number of aryl methyl sites for hydroxylation is 1. The summed E-state index contributed by atoms with van der Waals surface area (Å²) in [4.78, 5) is 42.0. The third-order valence-electron chi connectivity index (χ3n) is 7.50. The van der Waals surface area contributed by atoms with Gasteiger partial charge < -0.3 is 5.32 Å². The molecule has 3 aliphatic carbocycles. The maximum absolute atomic E-state index is 13.0. The van der Waals surface area contributed by atoms with Gasteiger partial charge in [0.1, 0.15) is 5.65 Å². The van der Waals surface area contributed by atoms with Crippen molar-refractivity contribution in [2.24, 2.45) is 20.0 Å². The Kier molecular flexibility index (Phi) is 4.55. The van der Waals surface area contributed by atoms with E-state index in [1.165, 1.54) is 46.1 Å². The van der Waals surface area contributed by atoms with Gasteiger partial charge in [-0.3, -0.25) is 18.7 Å². The van der Waals surface area contributed by atoms with Crippen molar-refractivity contribution in [2.45, 2.75) is 18.3 Å². The van der Waals surface area contributed by atoms with Crippen LogP contribution in [0.5, 0.6) is 0 Å². The van der Waals surface area contributed by atoms with Crippen molar-refractivity contribution >= 4 is 16.9 Å². The SMILES string of the molecule is Cn1c(=O)c2cc(C(=O)NCC3CC4c5ccccc5C3c3ccccc34)cnc2n(C)c1=O. The number of carbonyl (C=O) groups is 1. The summed E-state index contributed by atoms with van der Waals surface area (Å²) in [5.41, 5.74) is 5.17. The van der Waals surface area contributed by atoms with Crippen LogP contribution < -0.4 is 16.6 Å². The van der Waals surface area contributed by atoms with Crippen molar-refractivity contribution in [1.82, 2.24) is 19.4 Å². The maximum atomic E-state index is 13.0. The molecular weight excluding hydrogens is 428 g/mol. The number of rotatable bonds is 3. The molecule has 1 atom stereocenters. The van der Waals surface area contributed by atoms with Gasteiger partial charge in [0.25, 0.3) is 11.5 Å². The summed E-state index contributed by atoms with van der Waals surface area (Å²) in [5.74, 6) is 0.592. The van der Waals surface area contributed by atoms with Gasteiger partial charge in [0.05, 0.1) is 10.9 Å². The summed E-state index contributed by atoms with van der Waals surface area (Å²) in [6.45, 7) is 0.534. The van der Waals surface area contributed by atoms with Crippen LogP contribution >= 0.6 is 0 Å². The van der Waals surface area contributed by atoms with E-state index < -0.39 is 11.2 Å². The highest BCUT2D eigenvalue weighted by molar-refractivity contribution is 5.96. The van der Waals surface area contributed by atoms with Crippen LogP contribution in [0, 0.1) is 5.92 Å². The summed E-state index contributed by atoms with van der Waals surface area (Å²) >= 11 is 0. The molecule has 1 N–H and O–H groups in total. The van der Waals surface area contributed by atoms with E-state index >= 15 is 0 Å². The molecule has 7 rings (SSSR count). The molecule has 7 heteroatoms. The first-order valence-electron chi connectivity index (χ1n) is 11.5. The predicted octanol–water partition coefficient (Wildman–Crippen LogP) is 2.66. The topological polar surface area (TPSA) is 86.0 Å². The Bertz CT molecular complexity index is 1550. The second-order valence-electron chi connectivity index (χ2n) is 9.29. The minimum Gasteiger partial charge on any atom is -0.352 e. The van der Waals surface area contributed by atoms with Gasteiger partial charge in [-0.2, -0.15) is 0 Å². The van der Waals surface area contributed by atoms with Crippen LogP contribution in [0.25, 0.3) is 11.0 Å². The molecular formula is C27H24N4O3. The number of fused-ring (bicyclic) bond motifs is 2. The molecule has 1 unspecified atom stereocenters. The lowest BCUT2D eigenvalue weighted by atomic mass is 9.59. The summed E-state index contributed by atoms with van der Waals surface area (Å²) in [7, 11) is 2.98. The van der Waals surface area contributed by atoms with E-state index in [1.807, 2.05) is 0 Å². The molecule has 0 radical (unpaired) electrons. The fourth-order valence-corrected chi connectivity index (χ4v) is 5.88. The van der Waals surface area contributed by atoms with Crippen molar-refractivity contribution in [1.29, 1.82) is 0 Å². The second kappa shape index (κ2) is 7.52. The molecule has 0 saturated heterocycles. The van der Waals surface area contributed by atoms with E-state index in [2.05, 4.69) is 58.8 Å². The number of nitrogens with one attached hydrogen (secondary N) is 1. The average molecular weight is 453 g/mol. The van der Waals surface area contributed by atoms with Crippen LogP contribution in [-0.4, -0.2) is 26.6 Å². The normalized spacial score (nSPS) is 20.1. The summed E-state index contributed by atoms with van der Waals surface area (Å²) in [6.07, 6.45) is 2.41. The molecule has 0 aliphatic heterocycles. The zero-order chi connectivity index (χ0) is 23.6. The summed E-state index contributed by atoms with van der Waals surface area (Å²) < 4.78 is 2.34. The van der Waals surface area contributed by atoms with E-state index in [-0.39, 0.29) is 28.8 Å². The monoisotopic (exact) mass is 452 g/mol. The smallest absolute Gasteiger partial charge is 0.332 e. The quantitative estimate of drug-likeness (QED) is 0.518. The van der Waals surface area contributed by atoms with Crippen LogP contribution in [0.2, 0.25) is 0 Å². The van der Waals surface area contributed by atoms with Gasteiger partial charge in [-0.15, -0.1) is 0 Å². The molecule has 34 heavy (non-hydrogen) atoms. The highest BCUT2D eigenvalue weighted by Crippen LogP contribution is 2.55. The highest BCUT2D eigenvalue weighted by atomic mass is 16.2. The lowest BCUT2D eigenvalue weighted by Gasteiger charge is -2.45. The van der Waals surface area contributed by atoms with Gasteiger partial charge >= 0.3 is 5.69 Å². The Balaban J connectivity index is 1.30. The molecule has 7 nitrogen and oxygen atoms in total. The van der Waals surface area contributed by atoms with Crippen LogP contribution in [0.1, 0.15) is 50.9 Å². The predicted molar refractivity (Wildman–Crippen MR) is 129 cm³/mol. The summed E-state index contributed by atoms with van der Waals surface area (Å²) in [5, 5.41) is 3.33. The number of nitrogens with zero attached hydrogens (tertiary/aromatic N) is 3. The number of hydrogen-bond acceptors (Lipinski definition) is 4. The zero-order valence-corrected chi connectivity index (χ0v) is 19.0. The second-order valence-corrected chi connectivity index (χ2v) is 9.29. The van der Waals surface area contributed by atoms with Gasteiger partial charge in [-0.1, -0.05) is 48.5 Å². The molecule has 0 fully saturated rings. The fourth-order valence-electron chi connectivity index (χ4n) is 5.88. The zero-order valence-electron chi connectivity index (χ0n) is 19.0. The van der Waals surface area contributed by atoms with Crippen LogP contribution in [0.4, 0.5) is 0 Å². The minimum absolute atomic E-state index is 0.245. The first-order chi connectivity index (χ1) is 16.5. The first-order valence-corrected chi connectivity index (χ1v) is 11.5. The van der Waals surface area contributed by atoms with Crippen LogP contribution in [-0.2, 0) is 14.1 Å². The van der Waals surface area contributed by atoms with E-state index in [1.54, 1.807) is 7.05 Å². The molecule has 1 amide bonds. The van der Waals surface area contributed by atoms with Crippen LogP contribution in [0.3, 0.4) is 0 Å². The Morgan fingerprint density at radius 1 is 0.971 bits per heavy atom. The highest BCUT2D eigenvalue weighted by Gasteiger charge is 2.42. The molecule has 4 aromatic rings. The number of hydrogen-bond donors (Lipinski definition) is 1. The van der Waals surface area contributed by atoms with E-state index in [9.17, 15) is 14.4 Å². The van der Waals surface area contributed by atoms with Gasteiger partial charge in [0, 0.05) is 38.7 Å². The fraction of sp³-hybridized carbons (Fsp3) is 0.259. The molecule has 170 valence electrons. The summed E-state index contributed by atoms with van der Waals surface area (Å²) in [6, 6.07) is 18.8. The van der Waals surface area contributed by atoms with Crippen molar-refractivity contribution in [3.05, 3.63) is 109 Å². The Morgan fingerprint density at radius 3 is 2.24 bits per heavy atom. The Labute approximate surface area is 195 Å². The van der Waals surface area contributed by atoms with Crippen molar-refractivity contribution in [3.63, 3.8) is 0 Å². The van der Waals surface area contributed by atoms with Gasteiger partial charge in [0.15, 0.2) is 0 Å². The standard InChI is InChI=1S/C27H24N4O3/c1-30-24-22(26(33)31(2)27(30)34)12-16(14-28-24)25(32)29-13-15-11-21-17-7-3-5-9-19(17)23(15)20-10-6-4-8-18(20)21/h3-10,12,14-15,21,23H,11,13H2,1-2H3,(H,29,32). The third kappa shape index (κ3) is 2.89. The van der Waals surface area contributed by atoms with Gasteiger partial charge in [-0.05, 0) is 40.7 Å². The Hall–Kier alpha value is -4.00. The van der Waals surface area contributed by atoms with Crippen molar-refractivity contribution in [2.75, 3.05) is 6.54 Å². The largest absolute Gasteiger partial charge is 0.352 e. The molecule has 0 spiro atoms. The number of carbonyl (C=O) groups excluding carboxylic acids is 1. The number of benzene rings is 2. The van der Waals surface area contributed by atoms with Crippen LogP contribution in [0.15, 0.2) is 70.4 Å². The van der Waals surface area contributed by atoms with E-state index in [4.69, 9.17) is 0 Å². The molecule has 2 heterocycles.